The van der Waals surface area contributed by atoms with Gasteiger partial charge in [0.1, 0.15) is 0 Å². The average molecular weight is 209 g/mol. The molecule has 2 heteroatoms. The van der Waals surface area contributed by atoms with E-state index in [0.717, 1.165) is 12.5 Å². The van der Waals surface area contributed by atoms with Crippen LogP contribution < -0.4 is 5.32 Å². The van der Waals surface area contributed by atoms with Gasteiger partial charge < -0.3 is 5.32 Å². The number of rotatable bonds is 6. The summed E-state index contributed by atoms with van der Waals surface area (Å²) in [6.45, 7) is 3.27. The van der Waals surface area contributed by atoms with Crippen LogP contribution >= 0.6 is 11.3 Å². The maximum absolute atomic E-state index is 3.57. The van der Waals surface area contributed by atoms with Gasteiger partial charge >= 0.3 is 0 Å². The molecular formula is C12H19NS. The van der Waals surface area contributed by atoms with E-state index < -0.39 is 0 Å². The van der Waals surface area contributed by atoms with Gasteiger partial charge in [-0.25, -0.2) is 0 Å². The Morgan fingerprint density at radius 1 is 1.57 bits per heavy atom. The van der Waals surface area contributed by atoms with Crippen LogP contribution in [0.4, 0.5) is 0 Å². The average Bonchev–Trinajstić information content (AvgIpc) is 2.86. The fourth-order valence-electron chi connectivity index (χ4n) is 1.92. The number of nitrogens with one attached hydrogen (secondary N) is 1. The molecule has 1 saturated carbocycles. The van der Waals surface area contributed by atoms with Crippen LogP contribution in [0, 0.1) is 5.92 Å². The molecule has 78 valence electrons. The standard InChI is InChI=1S/C12H19NS/c1-2-13-12(6-5-10-3-4-10)11-7-8-14-9-11/h7-10,12-13H,2-6H2,1H3. The molecule has 0 spiro atoms. The Labute approximate surface area is 90.5 Å². The first-order valence-corrected chi connectivity index (χ1v) is 6.60. The molecular weight excluding hydrogens is 190 g/mol. The Balaban J connectivity index is 1.85. The molecule has 1 aromatic rings. The molecule has 0 aliphatic heterocycles. The second kappa shape index (κ2) is 4.94. The molecule has 14 heavy (non-hydrogen) atoms. The molecule has 0 bridgehead atoms. The first-order valence-electron chi connectivity index (χ1n) is 5.65. The van der Waals surface area contributed by atoms with Crippen molar-refractivity contribution in [3.63, 3.8) is 0 Å². The Bertz CT molecular complexity index is 251. The summed E-state index contributed by atoms with van der Waals surface area (Å²) < 4.78 is 0. The third kappa shape index (κ3) is 2.82. The predicted octanol–water partition coefficient (Wildman–Crippen LogP) is 3.59. The van der Waals surface area contributed by atoms with Gasteiger partial charge in [-0.15, -0.1) is 0 Å². The van der Waals surface area contributed by atoms with Gasteiger partial charge in [-0.05, 0) is 47.7 Å². The van der Waals surface area contributed by atoms with Gasteiger partial charge in [0.2, 0.25) is 0 Å². The summed E-state index contributed by atoms with van der Waals surface area (Å²) >= 11 is 1.80. The number of hydrogen-bond acceptors (Lipinski definition) is 2. The Morgan fingerprint density at radius 3 is 3.00 bits per heavy atom. The molecule has 1 N–H and O–H groups in total. The van der Waals surface area contributed by atoms with Gasteiger partial charge in [0.15, 0.2) is 0 Å². The highest BCUT2D eigenvalue weighted by Gasteiger charge is 2.22. The summed E-state index contributed by atoms with van der Waals surface area (Å²) in [5.74, 6) is 1.05. The zero-order chi connectivity index (χ0) is 9.80. The molecule has 1 aliphatic rings. The largest absolute Gasteiger partial charge is 0.310 e. The van der Waals surface area contributed by atoms with E-state index in [1.165, 1.54) is 31.2 Å². The molecule has 0 aromatic carbocycles. The lowest BCUT2D eigenvalue weighted by Crippen LogP contribution is -2.20. The quantitative estimate of drug-likeness (QED) is 0.755. The van der Waals surface area contributed by atoms with Crippen molar-refractivity contribution in [2.24, 2.45) is 5.92 Å². The van der Waals surface area contributed by atoms with Crippen molar-refractivity contribution < 1.29 is 0 Å². The second-order valence-electron chi connectivity index (χ2n) is 4.19. The van der Waals surface area contributed by atoms with E-state index in [4.69, 9.17) is 0 Å². The topological polar surface area (TPSA) is 12.0 Å². The molecule has 1 unspecified atom stereocenters. The van der Waals surface area contributed by atoms with E-state index in [1.807, 2.05) is 0 Å². The van der Waals surface area contributed by atoms with Crippen molar-refractivity contribution in [3.8, 4) is 0 Å². The molecule has 1 aliphatic carbocycles. The minimum absolute atomic E-state index is 0.604. The first kappa shape index (κ1) is 10.2. The van der Waals surface area contributed by atoms with Gasteiger partial charge in [0, 0.05) is 6.04 Å². The highest BCUT2D eigenvalue weighted by atomic mass is 32.1. The fraction of sp³-hybridized carbons (Fsp3) is 0.667. The molecule has 1 heterocycles. The third-order valence-electron chi connectivity index (χ3n) is 2.96. The molecule has 1 fully saturated rings. The minimum Gasteiger partial charge on any atom is -0.310 e. The molecule has 2 rings (SSSR count). The van der Waals surface area contributed by atoms with Crippen molar-refractivity contribution in [1.29, 1.82) is 0 Å². The Kier molecular flexibility index (Phi) is 3.60. The maximum atomic E-state index is 3.57. The lowest BCUT2D eigenvalue weighted by molar-refractivity contribution is 0.483. The summed E-state index contributed by atoms with van der Waals surface area (Å²) in [6.07, 6.45) is 5.67. The van der Waals surface area contributed by atoms with Crippen LogP contribution in [0.1, 0.15) is 44.2 Å². The minimum atomic E-state index is 0.604. The van der Waals surface area contributed by atoms with Crippen LogP contribution in [0.5, 0.6) is 0 Å². The van der Waals surface area contributed by atoms with Gasteiger partial charge in [-0.3, -0.25) is 0 Å². The van der Waals surface area contributed by atoms with Crippen LogP contribution in [0.3, 0.4) is 0 Å². The summed E-state index contributed by atoms with van der Waals surface area (Å²) in [5, 5.41) is 8.03. The van der Waals surface area contributed by atoms with E-state index in [-0.39, 0.29) is 0 Å². The van der Waals surface area contributed by atoms with Gasteiger partial charge in [0.25, 0.3) is 0 Å². The van der Waals surface area contributed by atoms with Gasteiger partial charge in [-0.2, -0.15) is 11.3 Å². The lowest BCUT2D eigenvalue weighted by Gasteiger charge is -2.16. The van der Waals surface area contributed by atoms with Crippen molar-refractivity contribution in [2.75, 3.05) is 6.54 Å². The zero-order valence-corrected chi connectivity index (χ0v) is 9.65. The van der Waals surface area contributed by atoms with E-state index in [0.29, 0.717) is 6.04 Å². The van der Waals surface area contributed by atoms with Crippen LogP contribution in [0.15, 0.2) is 16.8 Å². The van der Waals surface area contributed by atoms with Gasteiger partial charge in [0.05, 0.1) is 0 Å². The molecule has 0 amide bonds. The van der Waals surface area contributed by atoms with Gasteiger partial charge in [-0.1, -0.05) is 19.8 Å². The maximum Gasteiger partial charge on any atom is 0.0328 e. The third-order valence-corrected chi connectivity index (χ3v) is 3.66. The number of hydrogen-bond donors (Lipinski definition) is 1. The summed E-state index contributed by atoms with van der Waals surface area (Å²) in [7, 11) is 0. The normalized spacial score (nSPS) is 18.4. The van der Waals surface area contributed by atoms with Crippen LogP contribution in [0.2, 0.25) is 0 Å². The summed E-state index contributed by atoms with van der Waals surface area (Å²) in [5.41, 5.74) is 1.48. The number of thiophene rings is 1. The van der Waals surface area contributed by atoms with Crippen LogP contribution in [-0.2, 0) is 0 Å². The predicted molar refractivity (Wildman–Crippen MR) is 62.7 cm³/mol. The van der Waals surface area contributed by atoms with E-state index in [2.05, 4.69) is 29.1 Å². The Hall–Kier alpha value is -0.340. The fourth-order valence-corrected chi connectivity index (χ4v) is 2.63. The van der Waals surface area contributed by atoms with Crippen molar-refractivity contribution in [2.45, 2.75) is 38.6 Å². The SMILES string of the molecule is CCNC(CCC1CC1)c1ccsc1. The zero-order valence-electron chi connectivity index (χ0n) is 8.83. The van der Waals surface area contributed by atoms with Crippen molar-refractivity contribution in [1.82, 2.24) is 5.32 Å². The van der Waals surface area contributed by atoms with E-state index >= 15 is 0 Å². The van der Waals surface area contributed by atoms with Crippen molar-refractivity contribution >= 4 is 11.3 Å². The highest BCUT2D eigenvalue weighted by molar-refractivity contribution is 7.07. The van der Waals surface area contributed by atoms with E-state index in [9.17, 15) is 0 Å². The molecule has 0 saturated heterocycles. The van der Waals surface area contributed by atoms with Crippen LogP contribution in [-0.4, -0.2) is 6.54 Å². The Morgan fingerprint density at radius 2 is 2.43 bits per heavy atom. The molecule has 0 radical (unpaired) electrons. The first-order chi connectivity index (χ1) is 6.90. The summed E-state index contributed by atoms with van der Waals surface area (Å²) in [6, 6.07) is 2.86. The second-order valence-corrected chi connectivity index (χ2v) is 4.97. The van der Waals surface area contributed by atoms with Crippen molar-refractivity contribution in [3.05, 3.63) is 22.4 Å². The molecule has 1 aromatic heterocycles. The summed E-state index contributed by atoms with van der Waals surface area (Å²) in [4.78, 5) is 0. The smallest absolute Gasteiger partial charge is 0.0328 e. The molecule has 1 nitrogen and oxygen atoms in total. The molecule has 1 atom stereocenters. The van der Waals surface area contributed by atoms with E-state index in [1.54, 1.807) is 11.3 Å². The lowest BCUT2D eigenvalue weighted by atomic mass is 10.0. The monoisotopic (exact) mass is 209 g/mol. The van der Waals surface area contributed by atoms with Crippen LogP contribution in [0.25, 0.3) is 0 Å². The highest BCUT2D eigenvalue weighted by Crippen LogP contribution is 2.36.